The highest BCUT2D eigenvalue weighted by Gasteiger charge is 2.19. The number of rotatable bonds is 10. The monoisotopic (exact) mass is 291 g/mol. The van der Waals surface area contributed by atoms with E-state index in [1.54, 1.807) is 7.05 Å². The Bertz CT molecular complexity index is 327. The zero-order chi connectivity index (χ0) is 14.1. The summed E-state index contributed by atoms with van der Waals surface area (Å²) in [5.41, 5.74) is 0. The minimum Gasteiger partial charge on any atom is -0.317 e. The van der Waals surface area contributed by atoms with Crippen LogP contribution in [-0.4, -0.2) is 69.7 Å². The molecule has 1 N–H and O–H groups in total. The van der Waals surface area contributed by atoms with Gasteiger partial charge in [0, 0.05) is 20.1 Å². The molecule has 0 aromatic heterocycles. The van der Waals surface area contributed by atoms with Gasteiger partial charge in [0.05, 0.1) is 5.75 Å². The van der Waals surface area contributed by atoms with E-state index in [9.17, 15) is 8.42 Å². The number of likely N-dealkylation sites (N-methyl/N-ethyl adjacent to an activating group) is 1. The van der Waals surface area contributed by atoms with Crippen LogP contribution in [0.3, 0.4) is 0 Å². The van der Waals surface area contributed by atoms with Crippen LogP contribution in [0.4, 0.5) is 0 Å². The van der Waals surface area contributed by atoms with Crippen molar-refractivity contribution in [3.05, 3.63) is 0 Å². The predicted octanol–water partition coefficient (Wildman–Crippen LogP) is 0.734. The first-order chi connectivity index (χ1) is 9.06. The van der Waals surface area contributed by atoms with Crippen LogP contribution < -0.4 is 5.32 Å². The number of sulfonamides is 1. The van der Waals surface area contributed by atoms with Crippen LogP contribution in [0.1, 0.15) is 32.6 Å². The third-order valence-corrected chi connectivity index (χ3v) is 5.60. The van der Waals surface area contributed by atoms with Crippen LogP contribution in [0.15, 0.2) is 0 Å². The van der Waals surface area contributed by atoms with E-state index < -0.39 is 10.0 Å². The van der Waals surface area contributed by atoms with Crippen LogP contribution >= 0.6 is 0 Å². The molecule has 0 bridgehead atoms. The van der Waals surface area contributed by atoms with E-state index in [1.807, 2.05) is 0 Å². The fraction of sp³-hybridized carbons (Fsp3) is 1.00. The van der Waals surface area contributed by atoms with Crippen molar-refractivity contribution in [1.29, 1.82) is 0 Å². The van der Waals surface area contributed by atoms with Gasteiger partial charge >= 0.3 is 0 Å². The molecule has 5 nitrogen and oxygen atoms in total. The van der Waals surface area contributed by atoms with Crippen molar-refractivity contribution >= 4 is 10.0 Å². The van der Waals surface area contributed by atoms with Gasteiger partial charge in [-0.1, -0.05) is 6.92 Å². The summed E-state index contributed by atoms with van der Waals surface area (Å²) >= 11 is 0. The lowest BCUT2D eigenvalue weighted by Crippen LogP contribution is -2.36. The van der Waals surface area contributed by atoms with Crippen molar-refractivity contribution in [1.82, 2.24) is 14.5 Å². The molecule has 0 saturated carbocycles. The Hall–Kier alpha value is -0.170. The lowest BCUT2D eigenvalue weighted by atomic mass is 10.3. The Kier molecular flexibility index (Phi) is 7.90. The molecule has 1 aliphatic rings. The predicted molar refractivity (Wildman–Crippen MR) is 79.9 cm³/mol. The van der Waals surface area contributed by atoms with Crippen LogP contribution in [0.2, 0.25) is 0 Å². The summed E-state index contributed by atoms with van der Waals surface area (Å²) < 4.78 is 25.6. The lowest BCUT2D eigenvalue weighted by molar-refractivity contribution is 0.310. The van der Waals surface area contributed by atoms with Crippen LogP contribution in [0, 0.1) is 0 Å². The Morgan fingerprint density at radius 2 is 1.89 bits per heavy atom. The van der Waals surface area contributed by atoms with Gasteiger partial charge in [-0.25, -0.2) is 12.7 Å². The molecule has 0 aromatic carbocycles. The van der Waals surface area contributed by atoms with Crippen LogP contribution in [0.5, 0.6) is 0 Å². The highest BCUT2D eigenvalue weighted by molar-refractivity contribution is 7.89. The topological polar surface area (TPSA) is 52.7 Å². The third-order valence-electron chi connectivity index (χ3n) is 3.66. The Balaban J connectivity index is 2.18. The maximum absolute atomic E-state index is 12.1. The molecule has 1 heterocycles. The first-order valence-corrected chi connectivity index (χ1v) is 9.04. The van der Waals surface area contributed by atoms with E-state index in [2.05, 4.69) is 17.1 Å². The summed E-state index contributed by atoms with van der Waals surface area (Å²) in [5.74, 6) is 0.273. The molecular formula is C13H29N3O2S. The number of nitrogens with zero attached hydrogens (tertiary/aromatic N) is 2. The second kappa shape index (κ2) is 8.89. The molecule has 0 amide bonds. The van der Waals surface area contributed by atoms with E-state index in [0.717, 1.165) is 45.6 Å². The van der Waals surface area contributed by atoms with Crippen molar-refractivity contribution in [2.45, 2.75) is 32.6 Å². The molecule has 1 saturated heterocycles. The average molecular weight is 291 g/mol. The standard InChI is InChI=1S/C13H29N3O2S/c1-3-14-8-4-7-13-19(17,18)15(2)11-12-16-9-5-6-10-16/h14H,3-13H2,1-2H3. The van der Waals surface area contributed by atoms with Gasteiger partial charge < -0.3 is 10.2 Å². The average Bonchev–Trinajstić information content (AvgIpc) is 2.88. The van der Waals surface area contributed by atoms with Crippen molar-refractivity contribution < 1.29 is 8.42 Å². The van der Waals surface area contributed by atoms with Crippen molar-refractivity contribution in [3.8, 4) is 0 Å². The summed E-state index contributed by atoms with van der Waals surface area (Å²) in [7, 11) is -1.36. The lowest BCUT2D eigenvalue weighted by Gasteiger charge is -2.21. The second-order valence-corrected chi connectivity index (χ2v) is 7.44. The SMILES string of the molecule is CCNCCCCS(=O)(=O)N(C)CCN1CCCC1. The number of unbranched alkanes of at least 4 members (excludes halogenated alkanes) is 1. The zero-order valence-corrected chi connectivity index (χ0v) is 13.2. The van der Waals surface area contributed by atoms with E-state index in [0.29, 0.717) is 6.54 Å². The fourth-order valence-corrected chi connectivity index (χ4v) is 3.54. The second-order valence-electron chi connectivity index (χ2n) is 5.25. The largest absolute Gasteiger partial charge is 0.317 e. The highest BCUT2D eigenvalue weighted by Crippen LogP contribution is 2.08. The van der Waals surface area contributed by atoms with Gasteiger partial charge in [-0.2, -0.15) is 0 Å². The molecule has 0 unspecified atom stereocenters. The third kappa shape index (κ3) is 6.70. The quantitative estimate of drug-likeness (QED) is 0.603. The molecule has 6 heteroatoms. The number of hydrogen-bond acceptors (Lipinski definition) is 4. The van der Waals surface area contributed by atoms with Gasteiger partial charge in [0.2, 0.25) is 10.0 Å². The minimum absolute atomic E-state index is 0.273. The minimum atomic E-state index is -3.06. The Morgan fingerprint density at radius 1 is 1.21 bits per heavy atom. The molecular weight excluding hydrogens is 262 g/mol. The smallest absolute Gasteiger partial charge is 0.213 e. The number of likely N-dealkylation sites (tertiary alicyclic amines) is 1. The van der Waals surface area contributed by atoms with Gasteiger partial charge in [-0.05, 0) is 51.9 Å². The molecule has 19 heavy (non-hydrogen) atoms. The summed E-state index contributed by atoms with van der Waals surface area (Å²) in [6, 6.07) is 0. The molecule has 1 rings (SSSR count). The van der Waals surface area contributed by atoms with E-state index in [1.165, 1.54) is 17.1 Å². The molecule has 1 aliphatic heterocycles. The van der Waals surface area contributed by atoms with Gasteiger partial charge in [-0.15, -0.1) is 0 Å². The van der Waals surface area contributed by atoms with Gasteiger partial charge in [0.1, 0.15) is 0 Å². The van der Waals surface area contributed by atoms with Crippen molar-refractivity contribution in [2.24, 2.45) is 0 Å². The first kappa shape index (κ1) is 16.9. The summed E-state index contributed by atoms with van der Waals surface area (Å²) in [6.07, 6.45) is 4.16. The van der Waals surface area contributed by atoms with Gasteiger partial charge in [0.25, 0.3) is 0 Å². The van der Waals surface area contributed by atoms with Crippen molar-refractivity contribution in [2.75, 3.05) is 52.1 Å². The summed E-state index contributed by atoms with van der Waals surface area (Å²) in [5, 5.41) is 3.21. The number of nitrogens with one attached hydrogen (secondary N) is 1. The molecule has 0 radical (unpaired) electrons. The highest BCUT2D eigenvalue weighted by atomic mass is 32.2. The van der Waals surface area contributed by atoms with Crippen LogP contribution in [0.25, 0.3) is 0 Å². The normalized spacial score (nSPS) is 17.4. The number of hydrogen-bond donors (Lipinski definition) is 1. The molecule has 114 valence electrons. The Labute approximate surface area is 118 Å². The molecule has 0 aliphatic carbocycles. The molecule has 1 fully saturated rings. The van der Waals surface area contributed by atoms with Gasteiger partial charge in [-0.3, -0.25) is 0 Å². The van der Waals surface area contributed by atoms with E-state index in [-0.39, 0.29) is 5.75 Å². The summed E-state index contributed by atoms with van der Waals surface area (Å²) in [4.78, 5) is 2.34. The maximum atomic E-state index is 12.1. The Morgan fingerprint density at radius 3 is 2.53 bits per heavy atom. The zero-order valence-electron chi connectivity index (χ0n) is 12.4. The van der Waals surface area contributed by atoms with E-state index >= 15 is 0 Å². The van der Waals surface area contributed by atoms with E-state index in [4.69, 9.17) is 0 Å². The first-order valence-electron chi connectivity index (χ1n) is 7.43. The maximum Gasteiger partial charge on any atom is 0.213 e. The molecule has 0 spiro atoms. The fourth-order valence-electron chi connectivity index (χ4n) is 2.29. The molecule has 0 atom stereocenters. The van der Waals surface area contributed by atoms with Gasteiger partial charge in [0.15, 0.2) is 0 Å². The summed E-state index contributed by atoms with van der Waals surface area (Å²) in [6.45, 7) is 7.64. The van der Waals surface area contributed by atoms with Crippen LogP contribution in [-0.2, 0) is 10.0 Å². The molecule has 0 aromatic rings. The van der Waals surface area contributed by atoms with Crippen molar-refractivity contribution in [3.63, 3.8) is 0 Å².